The van der Waals surface area contributed by atoms with E-state index in [4.69, 9.17) is 9.47 Å². The molecule has 0 saturated heterocycles. The fourth-order valence-electron chi connectivity index (χ4n) is 6.78. The molecule has 1 amide bonds. The SMILES string of the molecule is CCCCCCCCCCCCCCCCCCCCCCCCOC(=O)NC(COC1CC(CO)C(O)C(O)C1O)C(O)CC(O)CC. The minimum atomic E-state index is -1.49. The van der Waals surface area contributed by atoms with Crippen LogP contribution in [0, 0.1) is 5.92 Å². The maximum Gasteiger partial charge on any atom is 0.407 e. The summed E-state index contributed by atoms with van der Waals surface area (Å²) in [6.45, 7) is 3.72. The number of hydrogen-bond donors (Lipinski definition) is 7. The average molecular weight is 704 g/mol. The first kappa shape index (κ1) is 46.0. The number of ether oxygens (including phenoxy) is 2. The van der Waals surface area contributed by atoms with E-state index in [1.165, 1.54) is 122 Å². The van der Waals surface area contributed by atoms with Crippen LogP contribution >= 0.6 is 0 Å². The zero-order valence-corrected chi connectivity index (χ0v) is 31.3. The zero-order valence-electron chi connectivity index (χ0n) is 31.3. The lowest BCUT2D eigenvalue weighted by molar-refractivity contribution is -0.181. The molecule has 0 aromatic rings. The molecule has 292 valence electrons. The maximum absolute atomic E-state index is 12.5. The van der Waals surface area contributed by atoms with Crippen molar-refractivity contribution in [1.82, 2.24) is 5.32 Å². The second kappa shape index (κ2) is 30.6. The number of carbonyl (C=O) groups is 1. The number of nitrogens with one attached hydrogen (secondary N) is 1. The molecule has 0 radical (unpaired) electrons. The van der Waals surface area contributed by atoms with Crippen LogP contribution in [-0.4, -0.2) is 99.2 Å². The number of rotatable bonds is 32. The van der Waals surface area contributed by atoms with E-state index in [1.807, 2.05) is 0 Å². The summed E-state index contributed by atoms with van der Waals surface area (Å²) in [5.74, 6) is -0.676. The summed E-state index contributed by atoms with van der Waals surface area (Å²) in [5, 5.41) is 63.4. The number of aliphatic hydroxyl groups excluding tert-OH is 6. The molecule has 1 aliphatic rings. The van der Waals surface area contributed by atoms with Crippen LogP contribution in [0.3, 0.4) is 0 Å². The molecule has 0 spiro atoms. The summed E-state index contributed by atoms with van der Waals surface area (Å²) in [6.07, 6.45) is 21.7. The number of alkyl carbamates (subject to hydrolysis) is 1. The van der Waals surface area contributed by atoms with Gasteiger partial charge < -0.3 is 45.4 Å². The molecule has 8 atom stereocenters. The van der Waals surface area contributed by atoms with Gasteiger partial charge >= 0.3 is 6.09 Å². The molecule has 0 heterocycles. The predicted molar refractivity (Wildman–Crippen MR) is 195 cm³/mol. The Labute approximate surface area is 298 Å². The van der Waals surface area contributed by atoms with Crippen molar-refractivity contribution in [3.63, 3.8) is 0 Å². The molecule has 7 N–H and O–H groups in total. The predicted octanol–water partition coefficient (Wildman–Crippen LogP) is 6.69. The van der Waals surface area contributed by atoms with Gasteiger partial charge in [0.2, 0.25) is 0 Å². The van der Waals surface area contributed by atoms with Gasteiger partial charge in [-0.1, -0.05) is 149 Å². The van der Waals surface area contributed by atoms with E-state index in [2.05, 4.69) is 12.2 Å². The molecule has 1 fully saturated rings. The monoisotopic (exact) mass is 704 g/mol. The van der Waals surface area contributed by atoms with Crippen molar-refractivity contribution >= 4 is 6.09 Å². The highest BCUT2D eigenvalue weighted by Gasteiger charge is 2.43. The highest BCUT2D eigenvalue weighted by atomic mass is 16.6. The molecule has 1 rings (SSSR count). The number of carbonyl (C=O) groups excluding carboxylic acids is 1. The van der Waals surface area contributed by atoms with Crippen LogP contribution in [0.5, 0.6) is 0 Å². The van der Waals surface area contributed by atoms with Crippen molar-refractivity contribution in [3.05, 3.63) is 0 Å². The maximum atomic E-state index is 12.5. The van der Waals surface area contributed by atoms with Crippen LogP contribution < -0.4 is 5.32 Å². The summed E-state index contributed by atoms with van der Waals surface area (Å²) in [5.41, 5.74) is 0. The van der Waals surface area contributed by atoms with E-state index in [9.17, 15) is 35.4 Å². The third kappa shape index (κ3) is 22.5. The van der Waals surface area contributed by atoms with Gasteiger partial charge in [-0.05, 0) is 19.3 Å². The van der Waals surface area contributed by atoms with Crippen LogP contribution in [-0.2, 0) is 9.47 Å². The van der Waals surface area contributed by atoms with Gasteiger partial charge in [0.1, 0.15) is 12.2 Å². The van der Waals surface area contributed by atoms with E-state index in [-0.39, 0.29) is 32.7 Å². The molecule has 1 aliphatic carbocycles. The molecule has 0 aromatic carbocycles. The third-order valence-corrected chi connectivity index (χ3v) is 10.3. The highest BCUT2D eigenvalue weighted by Crippen LogP contribution is 2.28. The van der Waals surface area contributed by atoms with Crippen molar-refractivity contribution in [2.45, 2.75) is 217 Å². The largest absolute Gasteiger partial charge is 0.450 e. The van der Waals surface area contributed by atoms with Gasteiger partial charge in [-0.3, -0.25) is 0 Å². The molecule has 10 heteroatoms. The standard InChI is InChI=1S/C39H77NO9/c1-3-5-6-7-8-9-10-11-12-13-14-15-16-17-18-19-20-21-22-23-24-25-26-48-39(47)40-33(34(43)28-32(42)4-2)30-49-35-27-31(29-41)36(44)38(46)37(35)45/h31-38,41-46H,3-30H2,1-2H3,(H,40,47). The van der Waals surface area contributed by atoms with E-state index in [0.29, 0.717) is 6.42 Å². The lowest BCUT2D eigenvalue weighted by Gasteiger charge is -2.40. The fourth-order valence-corrected chi connectivity index (χ4v) is 6.78. The lowest BCUT2D eigenvalue weighted by Crippen LogP contribution is -2.56. The Morgan fingerprint density at radius 1 is 0.673 bits per heavy atom. The first-order chi connectivity index (χ1) is 23.7. The van der Waals surface area contributed by atoms with Crippen LogP contribution in [0.25, 0.3) is 0 Å². The zero-order chi connectivity index (χ0) is 36.1. The van der Waals surface area contributed by atoms with Gasteiger partial charge in [-0.25, -0.2) is 4.79 Å². The molecular formula is C39H77NO9. The fraction of sp³-hybridized carbons (Fsp3) is 0.974. The molecule has 8 unspecified atom stereocenters. The average Bonchev–Trinajstić information content (AvgIpc) is 3.09. The topological polar surface area (TPSA) is 169 Å². The van der Waals surface area contributed by atoms with Crippen molar-refractivity contribution < 1.29 is 44.9 Å². The van der Waals surface area contributed by atoms with E-state index < -0.39 is 54.7 Å². The Bertz CT molecular complexity index is 758. The molecular weight excluding hydrogens is 626 g/mol. The molecule has 10 nitrogen and oxygen atoms in total. The van der Waals surface area contributed by atoms with Gasteiger partial charge in [0.25, 0.3) is 0 Å². The first-order valence-electron chi connectivity index (χ1n) is 20.3. The van der Waals surface area contributed by atoms with Crippen LogP contribution in [0.15, 0.2) is 0 Å². The molecule has 0 aliphatic heterocycles. The van der Waals surface area contributed by atoms with Gasteiger partial charge in [0.05, 0.1) is 43.7 Å². The van der Waals surface area contributed by atoms with Gasteiger partial charge in [-0.15, -0.1) is 0 Å². The van der Waals surface area contributed by atoms with Crippen molar-refractivity contribution in [2.24, 2.45) is 5.92 Å². The third-order valence-electron chi connectivity index (χ3n) is 10.3. The Kier molecular flexibility index (Phi) is 28.7. The summed E-state index contributed by atoms with van der Waals surface area (Å²) in [7, 11) is 0. The number of unbranched alkanes of at least 4 members (excludes halogenated alkanes) is 21. The highest BCUT2D eigenvalue weighted by molar-refractivity contribution is 5.67. The minimum Gasteiger partial charge on any atom is -0.450 e. The number of hydrogen-bond acceptors (Lipinski definition) is 9. The Morgan fingerprint density at radius 3 is 1.55 bits per heavy atom. The van der Waals surface area contributed by atoms with Crippen LogP contribution in [0.2, 0.25) is 0 Å². The summed E-state index contributed by atoms with van der Waals surface area (Å²) in [6, 6.07) is -0.929. The summed E-state index contributed by atoms with van der Waals surface area (Å²) < 4.78 is 11.1. The van der Waals surface area contributed by atoms with Crippen molar-refractivity contribution in [3.8, 4) is 0 Å². The molecule has 0 aromatic heterocycles. The number of amides is 1. The van der Waals surface area contributed by atoms with E-state index in [1.54, 1.807) is 6.92 Å². The van der Waals surface area contributed by atoms with Crippen LogP contribution in [0.1, 0.15) is 174 Å². The molecule has 1 saturated carbocycles. The van der Waals surface area contributed by atoms with Crippen molar-refractivity contribution in [1.29, 1.82) is 0 Å². The lowest BCUT2D eigenvalue weighted by atomic mass is 9.81. The minimum absolute atomic E-state index is 0.0120. The Hall–Kier alpha value is -1.01. The van der Waals surface area contributed by atoms with E-state index >= 15 is 0 Å². The van der Waals surface area contributed by atoms with Crippen molar-refractivity contribution in [2.75, 3.05) is 19.8 Å². The molecule has 49 heavy (non-hydrogen) atoms. The second-order valence-electron chi connectivity index (χ2n) is 14.7. The first-order valence-corrected chi connectivity index (χ1v) is 20.3. The normalized spacial score (nSPS) is 22.9. The van der Waals surface area contributed by atoms with Gasteiger partial charge in [-0.2, -0.15) is 0 Å². The summed E-state index contributed by atoms with van der Waals surface area (Å²) >= 11 is 0. The quantitative estimate of drug-likeness (QED) is 0.0378. The van der Waals surface area contributed by atoms with Gasteiger partial charge in [0.15, 0.2) is 0 Å². The summed E-state index contributed by atoms with van der Waals surface area (Å²) in [4.78, 5) is 12.5. The van der Waals surface area contributed by atoms with Gasteiger partial charge in [0, 0.05) is 18.9 Å². The Morgan fingerprint density at radius 2 is 1.12 bits per heavy atom. The Balaban J connectivity index is 2.09. The molecule has 0 bridgehead atoms. The second-order valence-corrected chi connectivity index (χ2v) is 14.7. The smallest absolute Gasteiger partial charge is 0.407 e. The van der Waals surface area contributed by atoms with Crippen LogP contribution in [0.4, 0.5) is 4.79 Å². The number of aliphatic hydroxyl groups is 6. The van der Waals surface area contributed by atoms with E-state index in [0.717, 1.165) is 19.3 Å².